The largest absolute Gasteiger partial charge is 0.456 e. The Morgan fingerprint density at radius 1 is 1.15 bits per heavy atom. The van der Waals surface area contributed by atoms with Gasteiger partial charge >= 0.3 is 5.97 Å². The van der Waals surface area contributed by atoms with Crippen molar-refractivity contribution in [2.75, 3.05) is 5.32 Å². The van der Waals surface area contributed by atoms with E-state index >= 15 is 0 Å². The number of hydrogen-bond donors (Lipinski definition) is 1. The molecule has 1 aromatic carbocycles. The first-order valence-electron chi connectivity index (χ1n) is 7.97. The highest BCUT2D eigenvalue weighted by Gasteiger charge is 2.10. The maximum Gasteiger partial charge on any atom is 0.338 e. The average Bonchev–Trinajstić information content (AvgIpc) is 2.59. The molecular weight excluding hydrogens is 334 g/mol. The number of aromatic nitrogens is 2. The van der Waals surface area contributed by atoms with Crippen LogP contribution in [0.5, 0.6) is 0 Å². The molecule has 7 nitrogen and oxygen atoms in total. The summed E-state index contributed by atoms with van der Waals surface area (Å²) in [6.07, 6.45) is 0. The van der Waals surface area contributed by atoms with Gasteiger partial charge in [-0.3, -0.25) is 14.0 Å². The molecule has 0 spiro atoms. The Labute approximate surface area is 149 Å². The highest BCUT2D eigenvalue weighted by molar-refractivity contribution is 5.92. The summed E-state index contributed by atoms with van der Waals surface area (Å²) in [6.45, 7) is 3.12. The van der Waals surface area contributed by atoms with E-state index in [1.165, 1.54) is 17.4 Å². The number of nitrogens with one attached hydrogen (secondary N) is 1. The van der Waals surface area contributed by atoms with Crippen molar-refractivity contribution >= 4 is 23.2 Å². The van der Waals surface area contributed by atoms with Crippen molar-refractivity contribution in [2.24, 2.45) is 0 Å². The van der Waals surface area contributed by atoms with Gasteiger partial charge in [0.1, 0.15) is 12.3 Å². The van der Waals surface area contributed by atoms with Crippen LogP contribution in [0.25, 0.3) is 5.65 Å². The van der Waals surface area contributed by atoms with Crippen LogP contribution in [0.1, 0.15) is 28.7 Å². The number of fused-ring (bicyclic) bond motifs is 1. The first-order valence-corrected chi connectivity index (χ1v) is 7.97. The lowest BCUT2D eigenvalue weighted by Crippen LogP contribution is -2.18. The van der Waals surface area contributed by atoms with Crippen LogP contribution >= 0.6 is 0 Å². The molecule has 2 heterocycles. The molecule has 0 radical (unpaired) electrons. The first kappa shape index (κ1) is 17.3. The SMILES string of the molecule is CC(=O)Nc1ccc(C(=O)OCc2cc(=O)n3c(C)cccc3n2)cc1. The van der Waals surface area contributed by atoms with Crippen molar-refractivity contribution in [2.45, 2.75) is 20.5 Å². The molecule has 0 aliphatic carbocycles. The quantitative estimate of drug-likeness (QED) is 0.729. The Bertz CT molecular complexity index is 1040. The Kier molecular flexibility index (Phi) is 4.79. The third-order valence-corrected chi connectivity index (χ3v) is 3.73. The molecule has 0 unspecified atom stereocenters. The standard InChI is InChI=1S/C19H17N3O4/c1-12-4-3-5-17-21-16(10-18(24)22(12)17)11-26-19(25)14-6-8-15(9-7-14)20-13(2)23/h3-10H,11H2,1-2H3,(H,20,23). The van der Waals surface area contributed by atoms with Crippen molar-refractivity contribution in [3.63, 3.8) is 0 Å². The molecule has 0 aliphatic rings. The molecular formula is C19H17N3O4. The summed E-state index contributed by atoms with van der Waals surface area (Å²) in [7, 11) is 0. The van der Waals surface area contributed by atoms with E-state index in [-0.39, 0.29) is 18.1 Å². The zero-order valence-corrected chi connectivity index (χ0v) is 14.4. The molecule has 3 rings (SSSR count). The third-order valence-electron chi connectivity index (χ3n) is 3.73. The highest BCUT2D eigenvalue weighted by Crippen LogP contribution is 2.11. The second-order valence-electron chi connectivity index (χ2n) is 5.78. The lowest BCUT2D eigenvalue weighted by molar-refractivity contribution is -0.114. The number of hydrogen-bond acceptors (Lipinski definition) is 5. The second-order valence-corrected chi connectivity index (χ2v) is 5.78. The summed E-state index contributed by atoms with van der Waals surface area (Å²) in [5.74, 6) is -0.727. The fourth-order valence-electron chi connectivity index (χ4n) is 2.55. The van der Waals surface area contributed by atoms with E-state index in [0.29, 0.717) is 22.6 Å². The van der Waals surface area contributed by atoms with E-state index in [9.17, 15) is 14.4 Å². The molecule has 0 aliphatic heterocycles. The van der Waals surface area contributed by atoms with Gasteiger partial charge in [-0.25, -0.2) is 9.78 Å². The van der Waals surface area contributed by atoms with Crippen LogP contribution in [0.3, 0.4) is 0 Å². The lowest BCUT2D eigenvalue weighted by Gasteiger charge is -2.08. The minimum Gasteiger partial charge on any atom is -0.456 e. The van der Waals surface area contributed by atoms with Gasteiger partial charge in [0.05, 0.1) is 11.3 Å². The zero-order chi connectivity index (χ0) is 18.7. The van der Waals surface area contributed by atoms with Gasteiger partial charge < -0.3 is 10.1 Å². The topological polar surface area (TPSA) is 89.8 Å². The van der Waals surface area contributed by atoms with Crippen LogP contribution < -0.4 is 10.9 Å². The molecule has 0 fully saturated rings. The number of amides is 1. The van der Waals surface area contributed by atoms with Gasteiger partial charge in [0.2, 0.25) is 5.91 Å². The maximum atomic E-state index is 12.2. The molecule has 1 N–H and O–H groups in total. The second kappa shape index (κ2) is 7.18. The van der Waals surface area contributed by atoms with Gasteiger partial charge in [0.15, 0.2) is 0 Å². The average molecular weight is 351 g/mol. The summed E-state index contributed by atoms with van der Waals surface area (Å²) >= 11 is 0. The molecule has 132 valence electrons. The van der Waals surface area contributed by atoms with Gasteiger partial charge in [0.25, 0.3) is 5.56 Å². The van der Waals surface area contributed by atoms with E-state index in [2.05, 4.69) is 10.3 Å². The summed E-state index contributed by atoms with van der Waals surface area (Å²) in [5, 5.41) is 2.62. The number of aryl methyl sites for hydroxylation is 1. The van der Waals surface area contributed by atoms with Crippen molar-refractivity contribution in [3.05, 3.63) is 75.8 Å². The minimum atomic E-state index is -0.536. The zero-order valence-electron chi connectivity index (χ0n) is 14.4. The lowest BCUT2D eigenvalue weighted by atomic mass is 10.2. The van der Waals surface area contributed by atoms with E-state index in [4.69, 9.17) is 4.74 Å². The normalized spacial score (nSPS) is 10.5. The molecule has 26 heavy (non-hydrogen) atoms. The number of carbonyl (C=O) groups is 2. The smallest absolute Gasteiger partial charge is 0.338 e. The molecule has 7 heteroatoms. The fourth-order valence-corrected chi connectivity index (χ4v) is 2.55. The molecule has 0 atom stereocenters. The summed E-state index contributed by atoms with van der Waals surface area (Å²) in [6, 6.07) is 13.0. The Morgan fingerprint density at radius 3 is 2.58 bits per heavy atom. The van der Waals surface area contributed by atoms with E-state index in [0.717, 1.165) is 5.69 Å². The van der Waals surface area contributed by atoms with Crippen molar-refractivity contribution < 1.29 is 14.3 Å². The van der Waals surface area contributed by atoms with Crippen LogP contribution in [-0.4, -0.2) is 21.3 Å². The van der Waals surface area contributed by atoms with Crippen molar-refractivity contribution in [3.8, 4) is 0 Å². The molecule has 3 aromatic rings. The molecule has 0 saturated carbocycles. The van der Waals surface area contributed by atoms with Gasteiger partial charge in [-0.05, 0) is 43.3 Å². The predicted octanol–water partition coefficient (Wildman–Crippen LogP) is 2.32. The number of esters is 1. The predicted molar refractivity (Wildman–Crippen MR) is 96.1 cm³/mol. The maximum absolute atomic E-state index is 12.2. The van der Waals surface area contributed by atoms with Crippen LogP contribution in [0, 0.1) is 6.92 Å². The molecule has 1 amide bonds. The van der Waals surface area contributed by atoms with Crippen LogP contribution in [0.15, 0.2) is 53.3 Å². The number of pyridine rings is 1. The van der Waals surface area contributed by atoms with Crippen LogP contribution in [-0.2, 0) is 16.1 Å². The van der Waals surface area contributed by atoms with Gasteiger partial charge in [-0.2, -0.15) is 0 Å². The highest BCUT2D eigenvalue weighted by atomic mass is 16.5. The number of anilines is 1. The van der Waals surface area contributed by atoms with Crippen molar-refractivity contribution in [1.82, 2.24) is 9.38 Å². The summed E-state index contributed by atoms with van der Waals surface area (Å²) < 4.78 is 6.72. The summed E-state index contributed by atoms with van der Waals surface area (Å²) in [4.78, 5) is 39.7. The van der Waals surface area contributed by atoms with Gasteiger partial charge in [-0.15, -0.1) is 0 Å². The van der Waals surface area contributed by atoms with E-state index in [1.54, 1.807) is 30.3 Å². The van der Waals surface area contributed by atoms with Crippen LogP contribution in [0.4, 0.5) is 5.69 Å². The van der Waals surface area contributed by atoms with E-state index in [1.807, 2.05) is 19.1 Å². The van der Waals surface area contributed by atoms with Crippen LogP contribution in [0.2, 0.25) is 0 Å². The number of benzene rings is 1. The number of rotatable bonds is 4. The van der Waals surface area contributed by atoms with Crippen molar-refractivity contribution in [1.29, 1.82) is 0 Å². The Balaban J connectivity index is 1.72. The van der Waals surface area contributed by atoms with Gasteiger partial charge in [0, 0.05) is 24.4 Å². The monoisotopic (exact) mass is 351 g/mol. The van der Waals surface area contributed by atoms with E-state index < -0.39 is 5.97 Å². The fraction of sp³-hybridized carbons (Fsp3) is 0.158. The molecule has 0 bridgehead atoms. The Hall–Kier alpha value is -3.48. The number of carbonyl (C=O) groups excluding carboxylic acids is 2. The van der Waals surface area contributed by atoms with Gasteiger partial charge in [-0.1, -0.05) is 6.07 Å². The molecule has 2 aromatic heterocycles. The molecule has 0 saturated heterocycles. The Morgan fingerprint density at radius 2 is 1.88 bits per heavy atom. The number of ether oxygens (including phenoxy) is 1. The number of nitrogens with zero attached hydrogens (tertiary/aromatic N) is 2. The first-order chi connectivity index (χ1) is 12.4. The summed E-state index contributed by atoms with van der Waals surface area (Å²) in [5.41, 5.74) is 2.37. The minimum absolute atomic E-state index is 0.105. The third kappa shape index (κ3) is 3.77.